The summed E-state index contributed by atoms with van der Waals surface area (Å²) >= 11 is 1.81. The summed E-state index contributed by atoms with van der Waals surface area (Å²) in [5.41, 5.74) is 3.11. The van der Waals surface area contributed by atoms with Gasteiger partial charge >= 0.3 is 0 Å². The third-order valence-corrected chi connectivity index (χ3v) is 5.78. The summed E-state index contributed by atoms with van der Waals surface area (Å²) in [4.78, 5) is 18.5. The van der Waals surface area contributed by atoms with Crippen LogP contribution in [0.2, 0.25) is 0 Å². The second kappa shape index (κ2) is 9.29. The molecule has 27 heavy (non-hydrogen) atoms. The van der Waals surface area contributed by atoms with Crippen LogP contribution >= 0.6 is 11.8 Å². The van der Waals surface area contributed by atoms with E-state index in [2.05, 4.69) is 54.2 Å². The van der Waals surface area contributed by atoms with E-state index in [0.717, 1.165) is 26.2 Å². The summed E-state index contributed by atoms with van der Waals surface area (Å²) < 4.78 is 0. The van der Waals surface area contributed by atoms with E-state index >= 15 is 0 Å². The number of nitrogens with one attached hydrogen (secondary N) is 1. The second-order valence-corrected chi connectivity index (χ2v) is 8.94. The lowest BCUT2D eigenvalue weighted by atomic mass is 10.1. The van der Waals surface area contributed by atoms with Crippen molar-refractivity contribution in [1.29, 1.82) is 0 Å². The van der Waals surface area contributed by atoms with Crippen LogP contribution in [0.3, 0.4) is 0 Å². The van der Waals surface area contributed by atoms with E-state index in [9.17, 15) is 4.79 Å². The van der Waals surface area contributed by atoms with Gasteiger partial charge in [0, 0.05) is 54.1 Å². The lowest BCUT2D eigenvalue weighted by Gasteiger charge is -2.35. The summed E-state index contributed by atoms with van der Waals surface area (Å²) in [6, 6.07) is 16.2. The van der Waals surface area contributed by atoms with Gasteiger partial charge in [-0.25, -0.2) is 0 Å². The molecule has 1 fully saturated rings. The van der Waals surface area contributed by atoms with Gasteiger partial charge in [-0.15, -0.1) is 11.8 Å². The van der Waals surface area contributed by atoms with Gasteiger partial charge in [0.25, 0.3) is 5.91 Å². The van der Waals surface area contributed by atoms with Crippen molar-refractivity contribution in [1.82, 2.24) is 10.2 Å². The maximum atomic E-state index is 12.5. The van der Waals surface area contributed by atoms with E-state index in [4.69, 9.17) is 0 Å². The van der Waals surface area contributed by atoms with Crippen molar-refractivity contribution in [2.75, 3.05) is 38.1 Å². The Hall–Kier alpha value is -1.98. The highest BCUT2D eigenvalue weighted by molar-refractivity contribution is 7.99. The number of rotatable bonds is 6. The Kier molecular flexibility index (Phi) is 6.80. The predicted octanol–water partition coefficient (Wildman–Crippen LogP) is 3.87. The minimum atomic E-state index is -0.0238. The average Bonchev–Trinajstić information content (AvgIpc) is 2.67. The quantitative estimate of drug-likeness (QED) is 0.768. The number of carbonyl (C=O) groups is 1. The van der Waals surface area contributed by atoms with Crippen molar-refractivity contribution in [2.45, 2.75) is 30.5 Å². The summed E-state index contributed by atoms with van der Waals surface area (Å²) in [6.45, 7) is 9.08. The summed E-state index contributed by atoms with van der Waals surface area (Å²) in [6.07, 6.45) is 0. The molecule has 0 saturated carbocycles. The maximum Gasteiger partial charge on any atom is 0.251 e. The number of hydrogen-bond donors (Lipinski definition) is 1. The Morgan fingerprint density at radius 1 is 1.04 bits per heavy atom. The fourth-order valence-electron chi connectivity index (χ4n) is 3.25. The Labute approximate surface area is 166 Å². The van der Waals surface area contributed by atoms with Crippen LogP contribution in [0.5, 0.6) is 0 Å². The molecular weight excluding hydrogens is 354 g/mol. The lowest BCUT2D eigenvalue weighted by Crippen LogP contribution is -2.45. The molecule has 0 atom stereocenters. The molecule has 1 amide bonds. The first kappa shape index (κ1) is 19.8. The first-order valence-electron chi connectivity index (χ1n) is 9.59. The summed E-state index contributed by atoms with van der Waals surface area (Å²) in [7, 11) is 2.16. The molecule has 1 N–H and O–H groups in total. The minimum Gasteiger partial charge on any atom is -0.369 e. The predicted molar refractivity (Wildman–Crippen MR) is 115 cm³/mol. The molecule has 0 spiro atoms. The van der Waals surface area contributed by atoms with Crippen LogP contribution in [0.4, 0.5) is 5.69 Å². The number of piperazine rings is 1. The minimum absolute atomic E-state index is 0.0238. The topological polar surface area (TPSA) is 35.6 Å². The molecule has 5 heteroatoms. The van der Waals surface area contributed by atoms with Gasteiger partial charge in [-0.1, -0.05) is 32.0 Å². The zero-order valence-corrected chi connectivity index (χ0v) is 17.3. The number of carbonyl (C=O) groups excluding carboxylic acids is 1. The van der Waals surface area contributed by atoms with Gasteiger partial charge in [-0.2, -0.15) is 0 Å². The zero-order chi connectivity index (χ0) is 19.2. The van der Waals surface area contributed by atoms with Crippen molar-refractivity contribution < 1.29 is 4.79 Å². The smallest absolute Gasteiger partial charge is 0.251 e. The molecule has 1 aliphatic rings. The number of nitrogens with zero attached hydrogens (tertiary/aromatic N) is 2. The molecule has 0 unspecified atom stereocenters. The summed E-state index contributed by atoms with van der Waals surface area (Å²) in [5.74, 6) is -0.0238. The maximum absolute atomic E-state index is 12.5. The molecule has 4 nitrogen and oxygen atoms in total. The van der Waals surface area contributed by atoms with Crippen LogP contribution in [-0.2, 0) is 6.54 Å². The number of anilines is 1. The lowest BCUT2D eigenvalue weighted by molar-refractivity contribution is 0.0951. The molecule has 0 bridgehead atoms. The standard InChI is InChI=1S/C22H29N3OS/c1-17(2)27-20-10-8-18(9-11-20)22(26)23-16-19-6-4-5-7-21(19)25-14-12-24(3)13-15-25/h4-11,17H,12-16H2,1-3H3,(H,23,26). The van der Waals surface area contributed by atoms with Crippen LogP contribution in [0.25, 0.3) is 0 Å². The molecule has 1 aliphatic heterocycles. The fourth-order valence-corrected chi connectivity index (χ4v) is 4.09. The van der Waals surface area contributed by atoms with Gasteiger partial charge in [0.1, 0.15) is 0 Å². The second-order valence-electron chi connectivity index (χ2n) is 7.29. The zero-order valence-electron chi connectivity index (χ0n) is 16.4. The van der Waals surface area contributed by atoms with Crippen molar-refractivity contribution in [3.05, 3.63) is 59.7 Å². The molecule has 0 radical (unpaired) electrons. The highest BCUT2D eigenvalue weighted by Gasteiger charge is 2.17. The Balaban J connectivity index is 1.62. The van der Waals surface area contributed by atoms with Crippen LogP contribution in [0, 0.1) is 0 Å². The van der Waals surface area contributed by atoms with E-state index in [1.54, 1.807) is 11.8 Å². The van der Waals surface area contributed by atoms with Crippen LogP contribution in [0.1, 0.15) is 29.8 Å². The van der Waals surface area contributed by atoms with E-state index in [1.807, 2.05) is 30.3 Å². The van der Waals surface area contributed by atoms with Gasteiger partial charge in [0.05, 0.1) is 0 Å². The van der Waals surface area contributed by atoms with Crippen LogP contribution in [0.15, 0.2) is 53.4 Å². The van der Waals surface area contributed by atoms with Crippen LogP contribution < -0.4 is 10.2 Å². The Morgan fingerprint density at radius 3 is 2.37 bits per heavy atom. The van der Waals surface area contributed by atoms with Gasteiger partial charge in [0.15, 0.2) is 0 Å². The van der Waals surface area contributed by atoms with E-state index in [-0.39, 0.29) is 5.91 Å². The van der Waals surface area contributed by atoms with Crippen molar-refractivity contribution in [3.8, 4) is 0 Å². The van der Waals surface area contributed by atoms with E-state index in [1.165, 1.54) is 16.1 Å². The van der Waals surface area contributed by atoms with Gasteiger partial charge in [-0.05, 0) is 42.9 Å². The molecule has 2 aromatic carbocycles. The van der Waals surface area contributed by atoms with E-state index in [0.29, 0.717) is 17.4 Å². The SMILES string of the molecule is CC(C)Sc1ccc(C(=O)NCc2ccccc2N2CCN(C)CC2)cc1. The first-order valence-corrected chi connectivity index (χ1v) is 10.5. The molecule has 1 saturated heterocycles. The van der Waals surface area contributed by atoms with Crippen LogP contribution in [-0.4, -0.2) is 49.3 Å². The Bertz CT molecular complexity index is 752. The molecule has 0 aromatic heterocycles. The fraction of sp³-hybridized carbons (Fsp3) is 0.409. The highest BCUT2D eigenvalue weighted by atomic mass is 32.2. The number of benzene rings is 2. The van der Waals surface area contributed by atoms with Gasteiger partial charge in [0.2, 0.25) is 0 Å². The molecule has 3 rings (SSSR count). The van der Waals surface area contributed by atoms with Crippen molar-refractivity contribution in [3.63, 3.8) is 0 Å². The average molecular weight is 384 g/mol. The molecule has 2 aromatic rings. The molecular formula is C22H29N3OS. The molecule has 144 valence electrons. The number of thioether (sulfide) groups is 1. The first-order chi connectivity index (χ1) is 13.0. The number of hydrogen-bond acceptors (Lipinski definition) is 4. The number of likely N-dealkylation sites (N-methyl/N-ethyl adjacent to an activating group) is 1. The van der Waals surface area contributed by atoms with Crippen molar-refractivity contribution >= 4 is 23.4 Å². The monoisotopic (exact) mass is 383 g/mol. The molecule has 1 heterocycles. The normalized spacial score (nSPS) is 15.2. The third kappa shape index (κ3) is 5.50. The third-order valence-electron chi connectivity index (χ3n) is 4.76. The Morgan fingerprint density at radius 2 is 1.70 bits per heavy atom. The van der Waals surface area contributed by atoms with Gasteiger partial charge < -0.3 is 15.1 Å². The van der Waals surface area contributed by atoms with Gasteiger partial charge in [-0.3, -0.25) is 4.79 Å². The molecule has 0 aliphatic carbocycles. The number of amides is 1. The van der Waals surface area contributed by atoms with Crippen molar-refractivity contribution in [2.24, 2.45) is 0 Å². The summed E-state index contributed by atoms with van der Waals surface area (Å²) in [5, 5.41) is 3.62. The van der Waals surface area contributed by atoms with E-state index < -0.39 is 0 Å². The number of para-hydroxylation sites is 1. The largest absolute Gasteiger partial charge is 0.369 e. The highest BCUT2D eigenvalue weighted by Crippen LogP contribution is 2.24.